The van der Waals surface area contributed by atoms with Gasteiger partial charge in [-0.15, -0.1) is 0 Å². The van der Waals surface area contributed by atoms with Crippen LogP contribution >= 0.6 is 11.6 Å². The van der Waals surface area contributed by atoms with Gasteiger partial charge in [-0.2, -0.15) is 0 Å². The number of imide groups is 1. The maximum absolute atomic E-state index is 13.3. The van der Waals surface area contributed by atoms with E-state index in [2.05, 4.69) is 0 Å². The highest BCUT2D eigenvalue weighted by molar-refractivity contribution is 6.31. The Morgan fingerprint density at radius 2 is 1.93 bits per heavy atom. The lowest BCUT2D eigenvalue weighted by atomic mass is 10.1. The zero-order valence-electron chi connectivity index (χ0n) is 16.6. The molecule has 1 aliphatic rings. The van der Waals surface area contributed by atoms with Crippen molar-refractivity contribution in [2.24, 2.45) is 0 Å². The van der Waals surface area contributed by atoms with Gasteiger partial charge < -0.3 is 9.64 Å². The van der Waals surface area contributed by atoms with Crippen molar-refractivity contribution in [3.05, 3.63) is 59.1 Å². The highest BCUT2D eigenvalue weighted by Crippen LogP contribution is 2.29. The number of hydrogen-bond donors (Lipinski definition) is 0. The zero-order chi connectivity index (χ0) is 21.1. The number of carbonyl (C=O) groups excluding carboxylic acids is 3. The fraction of sp³-hybridized carbons (Fsp3) is 0.318. The summed E-state index contributed by atoms with van der Waals surface area (Å²) in [7, 11) is 1.53. The van der Waals surface area contributed by atoms with Crippen LogP contribution < -0.4 is 9.64 Å². The van der Waals surface area contributed by atoms with Gasteiger partial charge in [-0.25, -0.2) is 4.90 Å². The number of ether oxygens (including phenoxy) is 1. The van der Waals surface area contributed by atoms with Crippen molar-refractivity contribution in [1.82, 2.24) is 4.90 Å². The highest BCUT2D eigenvalue weighted by atomic mass is 35.5. The van der Waals surface area contributed by atoms with Crippen molar-refractivity contribution in [3.63, 3.8) is 0 Å². The van der Waals surface area contributed by atoms with Crippen LogP contribution in [0.25, 0.3) is 0 Å². The molecule has 152 valence electrons. The van der Waals surface area contributed by atoms with Crippen LogP contribution in [0.4, 0.5) is 5.69 Å². The molecule has 0 N–H and O–H groups in total. The van der Waals surface area contributed by atoms with Gasteiger partial charge in [0, 0.05) is 16.6 Å². The Balaban J connectivity index is 1.94. The van der Waals surface area contributed by atoms with E-state index >= 15 is 0 Å². The van der Waals surface area contributed by atoms with Crippen LogP contribution in [0.2, 0.25) is 5.02 Å². The van der Waals surface area contributed by atoms with Gasteiger partial charge in [0.1, 0.15) is 11.8 Å². The summed E-state index contributed by atoms with van der Waals surface area (Å²) in [5.74, 6) is -0.498. The van der Waals surface area contributed by atoms with Gasteiger partial charge in [-0.05, 0) is 55.8 Å². The van der Waals surface area contributed by atoms with E-state index in [4.69, 9.17) is 16.3 Å². The van der Waals surface area contributed by atoms with Crippen LogP contribution in [0.1, 0.15) is 37.0 Å². The summed E-state index contributed by atoms with van der Waals surface area (Å²) in [5, 5.41) is 0.513. The van der Waals surface area contributed by atoms with E-state index in [0.29, 0.717) is 28.4 Å². The Hall–Kier alpha value is -2.86. The van der Waals surface area contributed by atoms with E-state index in [9.17, 15) is 14.4 Å². The van der Waals surface area contributed by atoms with Crippen molar-refractivity contribution in [2.75, 3.05) is 12.0 Å². The normalized spacial score (nSPS) is 17.4. The number of methoxy groups -OCH3 is 1. The predicted molar refractivity (Wildman–Crippen MR) is 111 cm³/mol. The topological polar surface area (TPSA) is 66.9 Å². The molecular formula is C22H23ClN2O4. The molecule has 0 aromatic heterocycles. The van der Waals surface area contributed by atoms with Gasteiger partial charge in [0.25, 0.3) is 11.8 Å². The molecule has 0 radical (unpaired) electrons. The number of anilines is 1. The Labute approximate surface area is 175 Å². The SMILES string of the molecule is CCC(C)N(C(=O)c1cccc(OC)c1)C1CC(=O)N(c2ccc(Cl)cc2)C1=O. The average molecular weight is 415 g/mol. The minimum atomic E-state index is -0.855. The van der Waals surface area contributed by atoms with Crippen LogP contribution in [-0.2, 0) is 9.59 Å². The van der Waals surface area contributed by atoms with Crippen LogP contribution in [-0.4, -0.2) is 41.8 Å². The first-order valence-electron chi connectivity index (χ1n) is 9.46. The largest absolute Gasteiger partial charge is 0.497 e. The molecule has 2 aromatic rings. The van der Waals surface area contributed by atoms with Gasteiger partial charge in [-0.3, -0.25) is 14.4 Å². The maximum Gasteiger partial charge on any atom is 0.257 e. The van der Waals surface area contributed by atoms with Crippen LogP contribution in [0.3, 0.4) is 0 Å². The lowest BCUT2D eigenvalue weighted by Crippen LogP contribution is -2.49. The molecule has 2 unspecified atom stereocenters. The lowest BCUT2D eigenvalue weighted by Gasteiger charge is -2.33. The number of nitrogens with zero attached hydrogens (tertiary/aromatic N) is 2. The summed E-state index contributed by atoms with van der Waals surface area (Å²) in [5.41, 5.74) is 0.861. The Bertz CT molecular complexity index is 929. The molecule has 2 aromatic carbocycles. The molecule has 29 heavy (non-hydrogen) atoms. The molecule has 0 aliphatic carbocycles. The third-order valence-electron chi connectivity index (χ3n) is 5.16. The van der Waals surface area contributed by atoms with Gasteiger partial charge in [0.05, 0.1) is 19.2 Å². The first kappa shape index (κ1) is 20.9. The molecule has 7 heteroatoms. The minimum absolute atomic E-state index is 0.0541. The van der Waals surface area contributed by atoms with Crippen LogP contribution in [0, 0.1) is 0 Å². The summed E-state index contributed by atoms with van der Waals surface area (Å²) < 4.78 is 5.21. The van der Waals surface area contributed by atoms with Gasteiger partial charge >= 0.3 is 0 Å². The number of rotatable bonds is 6. The molecule has 6 nitrogen and oxygen atoms in total. The van der Waals surface area contributed by atoms with E-state index in [1.807, 2.05) is 13.8 Å². The van der Waals surface area contributed by atoms with Gasteiger partial charge in [0.15, 0.2) is 0 Å². The second kappa shape index (κ2) is 8.66. The number of carbonyl (C=O) groups is 3. The fourth-order valence-electron chi connectivity index (χ4n) is 3.45. The van der Waals surface area contributed by atoms with E-state index in [-0.39, 0.29) is 24.3 Å². The van der Waals surface area contributed by atoms with Gasteiger partial charge in [-0.1, -0.05) is 24.6 Å². The highest BCUT2D eigenvalue weighted by Gasteiger charge is 2.45. The second-order valence-corrected chi connectivity index (χ2v) is 7.40. The number of hydrogen-bond acceptors (Lipinski definition) is 4. The summed E-state index contributed by atoms with van der Waals surface area (Å²) in [6.45, 7) is 3.81. The molecule has 1 aliphatic heterocycles. The summed E-state index contributed by atoms with van der Waals surface area (Å²) >= 11 is 5.91. The number of benzene rings is 2. The molecular weight excluding hydrogens is 392 g/mol. The van der Waals surface area contributed by atoms with Gasteiger partial charge in [0.2, 0.25) is 5.91 Å². The second-order valence-electron chi connectivity index (χ2n) is 6.97. The number of amides is 3. The lowest BCUT2D eigenvalue weighted by molar-refractivity contribution is -0.122. The molecule has 0 bridgehead atoms. The molecule has 2 atom stereocenters. The van der Waals surface area contributed by atoms with E-state index in [1.165, 1.54) is 12.0 Å². The first-order chi connectivity index (χ1) is 13.9. The maximum atomic E-state index is 13.3. The predicted octanol–water partition coefficient (Wildman–Crippen LogP) is 3.92. The van der Waals surface area contributed by atoms with E-state index in [1.54, 1.807) is 48.5 Å². The van der Waals surface area contributed by atoms with E-state index in [0.717, 1.165) is 4.90 Å². The summed E-state index contributed by atoms with van der Waals surface area (Å²) in [6, 6.07) is 12.2. The van der Waals surface area contributed by atoms with Crippen LogP contribution in [0.15, 0.2) is 48.5 Å². The first-order valence-corrected chi connectivity index (χ1v) is 9.84. The Morgan fingerprint density at radius 3 is 2.55 bits per heavy atom. The molecule has 3 rings (SSSR count). The Kier molecular flexibility index (Phi) is 6.23. The molecule has 3 amide bonds. The molecule has 0 saturated carbocycles. The quantitative estimate of drug-likeness (QED) is 0.672. The third kappa shape index (κ3) is 4.12. The van der Waals surface area contributed by atoms with Crippen LogP contribution in [0.5, 0.6) is 5.75 Å². The molecule has 1 heterocycles. The van der Waals surface area contributed by atoms with E-state index < -0.39 is 11.9 Å². The van der Waals surface area contributed by atoms with Crippen molar-refractivity contribution in [3.8, 4) is 5.75 Å². The third-order valence-corrected chi connectivity index (χ3v) is 5.41. The minimum Gasteiger partial charge on any atom is -0.497 e. The zero-order valence-corrected chi connectivity index (χ0v) is 17.3. The smallest absolute Gasteiger partial charge is 0.257 e. The average Bonchev–Trinajstić information content (AvgIpc) is 3.02. The van der Waals surface area contributed by atoms with Crippen molar-refractivity contribution >= 4 is 35.0 Å². The monoisotopic (exact) mass is 414 g/mol. The molecule has 1 fully saturated rings. The fourth-order valence-corrected chi connectivity index (χ4v) is 3.57. The Morgan fingerprint density at radius 1 is 1.24 bits per heavy atom. The summed E-state index contributed by atoms with van der Waals surface area (Å²) in [4.78, 5) is 41.8. The standard InChI is InChI=1S/C22H23ClN2O4/c1-4-14(2)24(21(27)15-6-5-7-18(12-15)29-3)19-13-20(26)25(22(19)28)17-10-8-16(23)9-11-17/h5-12,14,19H,4,13H2,1-3H3. The molecule has 1 saturated heterocycles. The van der Waals surface area contributed by atoms with Crippen molar-refractivity contribution in [1.29, 1.82) is 0 Å². The molecule has 0 spiro atoms. The summed E-state index contributed by atoms with van der Waals surface area (Å²) in [6.07, 6.45) is 0.593. The van der Waals surface area contributed by atoms with Crippen molar-refractivity contribution < 1.29 is 19.1 Å². The van der Waals surface area contributed by atoms with Crippen molar-refractivity contribution in [2.45, 2.75) is 38.8 Å². The number of halogens is 1.